The molecule has 0 spiro atoms. The summed E-state index contributed by atoms with van der Waals surface area (Å²) >= 11 is 1.62. The van der Waals surface area contributed by atoms with E-state index in [-0.39, 0.29) is 18.4 Å². The Morgan fingerprint density at radius 1 is 1.43 bits per heavy atom. The van der Waals surface area contributed by atoms with Crippen molar-refractivity contribution >= 4 is 28.8 Å². The average molecular weight is 302 g/mol. The minimum Gasteiger partial charge on any atom is -0.484 e. The Kier molecular flexibility index (Phi) is 3.62. The zero-order valence-electron chi connectivity index (χ0n) is 11.2. The Bertz CT molecular complexity index is 696. The fraction of sp³-hybridized carbons (Fsp3) is 0.200. The number of nitrogens with one attached hydrogen (secondary N) is 1. The summed E-state index contributed by atoms with van der Waals surface area (Å²) in [6, 6.07) is 9.35. The summed E-state index contributed by atoms with van der Waals surface area (Å²) in [7, 11) is 0. The summed E-state index contributed by atoms with van der Waals surface area (Å²) in [4.78, 5) is 23.7. The number of rotatable bonds is 4. The normalized spacial score (nSPS) is 17.0. The van der Waals surface area contributed by atoms with E-state index >= 15 is 0 Å². The predicted molar refractivity (Wildman–Crippen MR) is 80.5 cm³/mol. The molecule has 0 saturated heterocycles. The first kappa shape index (κ1) is 13.6. The van der Waals surface area contributed by atoms with Crippen LogP contribution in [0.15, 0.2) is 35.7 Å². The fourth-order valence-electron chi connectivity index (χ4n) is 2.42. The zero-order chi connectivity index (χ0) is 14.8. The molecule has 1 aromatic heterocycles. The molecule has 108 valence electrons. The van der Waals surface area contributed by atoms with Crippen molar-refractivity contribution < 1.29 is 14.3 Å². The van der Waals surface area contributed by atoms with Gasteiger partial charge in [0.25, 0.3) is 5.91 Å². The summed E-state index contributed by atoms with van der Waals surface area (Å²) in [6.45, 7) is -0.154. The molecule has 1 aromatic carbocycles. The number of ether oxygens (including phenoxy) is 1. The second kappa shape index (κ2) is 5.57. The number of fused-ring (bicyclic) bond motifs is 1. The molecule has 1 aliphatic heterocycles. The minimum atomic E-state index is -0.516. The van der Waals surface area contributed by atoms with Crippen LogP contribution in [0.25, 0.3) is 0 Å². The Labute approximate surface area is 125 Å². The highest BCUT2D eigenvalue weighted by Gasteiger charge is 2.27. The number of carbonyl (C=O) groups is 2. The van der Waals surface area contributed by atoms with Crippen molar-refractivity contribution in [3.05, 3.63) is 46.2 Å². The largest absolute Gasteiger partial charge is 0.484 e. The summed E-state index contributed by atoms with van der Waals surface area (Å²) in [5.41, 5.74) is 6.95. The van der Waals surface area contributed by atoms with Gasteiger partial charge in [-0.05, 0) is 29.1 Å². The maximum absolute atomic E-state index is 11.8. The monoisotopic (exact) mass is 302 g/mol. The summed E-state index contributed by atoms with van der Waals surface area (Å²) < 4.78 is 5.32. The maximum atomic E-state index is 11.8. The molecule has 3 N–H and O–H groups in total. The lowest BCUT2D eigenvalue weighted by Gasteiger charge is -2.23. The molecule has 1 unspecified atom stereocenters. The summed E-state index contributed by atoms with van der Waals surface area (Å²) in [5, 5.41) is 4.84. The molecule has 2 heterocycles. The highest BCUT2D eigenvalue weighted by Crippen LogP contribution is 2.41. The smallest absolute Gasteiger partial charge is 0.255 e. The fourth-order valence-corrected chi connectivity index (χ4v) is 3.40. The van der Waals surface area contributed by atoms with Crippen molar-refractivity contribution in [3.63, 3.8) is 0 Å². The summed E-state index contributed by atoms with van der Waals surface area (Å²) in [6.07, 6.45) is 0.410. The average Bonchev–Trinajstić information content (AvgIpc) is 2.92. The number of primary amides is 1. The van der Waals surface area contributed by atoms with Gasteiger partial charge < -0.3 is 15.8 Å². The van der Waals surface area contributed by atoms with E-state index in [9.17, 15) is 9.59 Å². The van der Waals surface area contributed by atoms with E-state index < -0.39 is 5.91 Å². The highest BCUT2D eigenvalue weighted by atomic mass is 32.1. The van der Waals surface area contributed by atoms with E-state index in [2.05, 4.69) is 5.32 Å². The van der Waals surface area contributed by atoms with Crippen molar-refractivity contribution in [2.75, 3.05) is 11.9 Å². The molecule has 0 saturated carbocycles. The SMILES string of the molecule is NC(=O)COc1cccc(C2CC(=O)Nc3ccsc32)c1. The molecule has 6 heteroatoms. The first-order chi connectivity index (χ1) is 10.1. The van der Waals surface area contributed by atoms with Crippen LogP contribution in [0.4, 0.5) is 5.69 Å². The Morgan fingerprint density at radius 2 is 2.29 bits per heavy atom. The van der Waals surface area contributed by atoms with Crippen molar-refractivity contribution in [2.24, 2.45) is 5.73 Å². The number of carbonyl (C=O) groups excluding carboxylic acids is 2. The third-order valence-corrected chi connectivity index (χ3v) is 4.35. The van der Waals surface area contributed by atoms with Crippen molar-refractivity contribution in [1.29, 1.82) is 0 Å². The van der Waals surface area contributed by atoms with Gasteiger partial charge in [0, 0.05) is 17.2 Å². The topological polar surface area (TPSA) is 81.4 Å². The Morgan fingerprint density at radius 3 is 3.10 bits per heavy atom. The number of thiophene rings is 1. The van der Waals surface area contributed by atoms with Gasteiger partial charge in [0.05, 0.1) is 5.69 Å². The zero-order valence-corrected chi connectivity index (χ0v) is 12.0. The van der Waals surface area contributed by atoms with E-state index in [1.165, 1.54) is 0 Å². The van der Waals surface area contributed by atoms with Gasteiger partial charge in [-0.3, -0.25) is 9.59 Å². The molecule has 0 aliphatic carbocycles. The number of nitrogens with two attached hydrogens (primary N) is 1. The van der Waals surface area contributed by atoms with Crippen LogP contribution >= 0.6 is 11.3 Å². The molecule has 3 rings (SSSR count). The minimum absolute atomic E-state index is 0.00866. The number of hydrogen-bond donors (Lipinski definition) is 2. The van der Waals surface area contributed by atoms with Crippen LogP contribution in [0.2, 0.25) is 0 Å². The van der Waals surface area contributed by atoms with Gasteiger partial charge in [-0.15, -0.1) is 11.3 Å². The van der Waals surface area contributed by atoms with Crippen molar-refractivity contribution in [1.82, 2.24) is 0 Å². The van der Waals surface area contributed by atoms with Gasteiger partial charge in [0.15, 0.2) is 6.61 Å². The number of amides is 2. The molecule has 0 fully saturated rings. The van der Waals surface area contributed by atoms with Gasteiger partial charge in [-0.25, -0.2) is 0 Å². The highest BCUT2D eigenvalue weighted by molar-refractivity contribution is 7.10. The Hall–Kier alpha value is -2.34. The van der Waals surface area contributed by atoms with Crippen LogP contribution in [0.3, 0.4) is 0 Å². The number of hydrogen-bond acceptors (Lipinski definition) is 4. The molecular formula is C15H14N2O3S. The third-order valence-electron chi connectivity index (χ3n) is 3.32. The molecule has 2 amide bonds. The molecule has 1 atom stereocenters. The number of benzene rings is 1. The van der Waals surface area contributed by atoms with Crippen LogP contribution in [-0.2, 0) is 9.59 Å². The van der Waals surface area contributed by atoms with Crippen LogP contribution in [0, 0.1) is 0 Å². The molecule has 0 radical (unpaired) electrons. The van der Waals surface area contributed by atoms with Crippen molar-refractivity contribution in [2.45, 2.75) is 12.3 Å². The standard InChI is InChI=1S/C15H14N2O3S/c16-13(18)8-20-10-3-1-2-9(6-10)11-7-14(19)17-12-4-5-21-15(11)12/h1-6,11H,7-8H2,(H2,16,18)(H,17,19). The van der Waals surface area contributed by atoms with Crippen molar-refractivity contribution in [3.8, 4) is 5.75 Å². The van der Waals surface area contributed by atoms with Gasteiger partial charge >= 0.3 is 0 Å². The molecule has 2 aromatic rings. The second-order valence-corrected chi connectivity index (χ2v) is 5.78. The molecular weight excluding hydrogens is 288 g/mol. The van der Waals surface area contributed by atoms with Crippen LogP contribution in [0.5, 0.6) is 5.75 Å². The van der Waals surface area contributed by atoms with Crippen LogP contribution in [0.1, 0.15) is 22.8 Å². The lowest BCUT2D eigenvalue weighted by atomic mass is 9.90. The molecule has 1 aliphatic rings. The van der Waals surface area contributed by atoms with Gasteiger partial charge in [-0.2, -0.15) is 0 Å². The first-order valence-electron chi connectivity index (χ1n) is 6.52. The van der Waals surface area contributed by atoms with Gasteiger partial charge in [0.2, 0.25) is 5.91 Å². The molecule has 0 bridgehead atoms. The van der Waals surface area contributed by atoms with E-state index in [1.807, 2.05) is 29.6 Å². The predicted octanol–water partition coefficient (Wildman–Crippen LogP) is 2.09. The molecule has 5 nitrogen and oxygen atoms in total. The van der Waals surface area contributed by atoms with Crippen LogP contribution < -0.4 is 15.8 Å². The van der Waals surface area contributed by atoms with Gasteiger partial charge in [-0.1, -0.05) is 12.1 Å². The molecule has 21 heavy (non-hydrogen) atoms. The first-order valence-corrected chi connectivity index (χ1v) is 7.40. The second-order valence-electron chi connectivity index (χ2n) is 4.83. The van der Waals surface area contributed by atoms with Crippen LogP contribution in [-0.4, -0.2) is 18.4 Å². The number of anilines is 1. The third kappa shape index (κ3) is 2.90. The lowest BCUT2D eigenvalue weighted by molar-refractivity contribution is -0.120. The van der Waals surface area contributed by atoms with E-state index in [0.717, 1.165) is 16.1 Å². The summed E-state index contributed by atoms with van der Waals surface area (Å²) in [5.74, 6) is 0.0913. The maximum Gasteiger partial charge on any atom is 0.255 e. The van der Waals surface area contributed by atoms with E-state index in [4.69, 9.17) is 10.5 Å². The quantitative estimate of drug-likeness (QED) is 0.907. The van der Waals surface area contributed by atoms with E-state index in [1.54, 1.807) is 17.4 Å². The lowest BCUT2D eigenvalue weighted by Crippen LogP contribution is -2.22. The van der Waals surface area contributed by atoms with Gasteiger partial charge in [0.1, 0.15) is 5.75 Å². The Balaban J connectivity index is 1.89. The van der Waals surface area contributed by atoms with E-state index in [0.29, 0.717) is 12.2 Å².